The summed E-state index contributed by atoms with van der Waals surface area (Å²) in [6.45, 7) is 1.61. The number of benzene rings is 2. The van der Waals surface area contributed by atoms with E-state index in [4.69, 9.17) is 4.74 Å². The Hall–Kier alpha value is -2.40. The van der Waals surface area contributed by atoms with E-state index in [2.05, 4.69) is 0 Å². The highest BCUT2D eigenvalue weighted by atomic mass is 19.1. The highest BCUT2D eigenvalue weighted by Crippen LogP contribution is 2.49. The molecule has 5 heteroatoms. The standard InChI is InChI=1S/C28H34FNO3/c29-26-21(18-30-17-12-22(19-30)27(31)32)4-3-5-25(26)20-6-8-23(9-7-20)33-24-10-15-28(16-11-24)13-1-2-14-28/h3-9,22,24H,1-2,10-19H2,(H,31,32). The Kier molecular flexibility index (Phi) is 6.42. The molecule has 2 aliphatic carbocycles. The van der Waals surface area contributed by atoms with Gasteiger partial charge in [-0.05, 0) is 74.6 Å². The first-order chi connectivity index (χ1) is 16.0. The quantitative estimate of drug-likeness (QED) is 0.561. The molecule has 0 radical (unpaired) electrons. The molecule has 1 aliphatic heterocycles. The number of carboxylic acids is 1. The van der Waals surface area contributed by atoms with Gasteiger partial charge in [0.25, 0.3) is 0 Å². The Balaban J connectivity index is 1.21. The number of halogens is 1. The fraction of sp³-hybridized carbons (Fsp3) is 0.536. The van der Waals surface area contributed by atoms with Crippen molar-refractivity contribution in [3.8, 4) is 16.9 Å². The van der Waals surface area contributed by atoms with E-state index in [1.54, 1.807) is 12.1 Å². The number of aliphatic carboxylic acids is 1. The van der Waals surface area contributed by atoms with Gasteiger partial charge in [-0.25, -0.2) is 4.39 Å². The highest BCUT2D eigenvalue weighted by Gasteiger charge is 2.38. The topological polar surface area (TPSA) is 49.8 Å². The summed E-state index contributed by atoms with van der Waals surface area (Å²) in [4.78, 5) is 13.2. The number of carbonyl (C=O) groups is 1. The van der Waals surface area contributed by atoms with Crippen molar-refractivity contribution in [2.75, 3.05) is 13.1 Å². The summed E-state index contributed by atoms with van der Waals surface area (Å²) in [5, 5.41) is 9.21. The van der Waals surface area contributed by atoms with Crippen molar-refractivity contribution in [1.29, 1.82) is 0 Å². The molecule has 1 spiro atoms. The zero-order chi connectivity index (χ0) is 22.8. The molecule has 176 valence electrons. The number of hydrogen-bond acceptors (Lipinski definition) is 3. The lowest BCUT2D eigenvalue weighted by atomic mass is 9.72. The van der Waals surface area contributed by atoms with E-state index in [9.17, 15) is 9.90 Å². The van der Waals surface area contributed by atoms with E-state index in [0.717, 1.165) is 24.2 Å². The van der Waals surface area contributed by atoms with Crippen molar-refractivity contribution in [2.45, 2.75) is 70.4 Å². The Bertz CT molecular complexity index is 973. The lowest BCUT2D eigenvalue weighted by Gasteiger charge is -2.37. The smallest absolute Gasteiger partial charge is 0.307 e. The van der Waals surface area contributed by atoms with Crippen molar-refractivity contribution in [3.05, 3.63) is 53.8 Å². The zero-order valence-corrected chi connectivity index (χ0v) is 19.3. The van der Waals surface area contributed by atoms with Gasteiger partial charge < -0.3 is 9.84 Å². The van der Waals surface area contributed by atoms with E-state index in [1.807, 2.05) is 35.2 Å². The summed E-state index contributed by atoms with van der Waals surface area (Å²) in [5.41, 5.74) is 2.63. The molecule has 1 heterocycles. The molecule has 1 saturated heterocycles. The first kappa shape index (κ1) is 22.4. The minimum absolute atomic E-state index is 0.223. The maximum atomic E-state index is 15.3. The predicted molar refractivity (Wildman–Crippen MR) is 127 cm³/mol. The summed E-state index contributed by atoms with van der Waals surface area (Å²) in [5.74, 6) is -0.476. The minimum Gasteiger partial charge on any atom is -0.490 e. The summed E-state index contributed by atoms with van der Waals surface area (Å²) in [6, 6.07) is 13.3. The molecule has 0 bridgehead atoms. The van der Waals surface area contributed by atoms with Crippen molar-refractivity contribution >= 4 is 5.97 Å². The van der Waals surface area contributed by atoms with Gasteiger partial charge in [-0.15, -0.1) is 0 Å². The van der Waals surface area contributed by atoms with Gasteiger partial charge in [0.15, 0.2) is 0 Å². The van der Waals surface area contributed by atoms with Crippen LogP contribution in [0.5, 0.6) is 5.75 Å². The molecule has 3 fully saturated rings. The van der Waals surface area contributed by atoms with Crippen molar-refractivity contribution < 1.29 is 19.0 Å². The summed E-state index contributed by atoms with van der Waals surface area (Å²) >= 11 is 0. The number of hydrogen-bond donors (Lipinski definition) is 1. The number of rotatable bonds is 6. The Morgan fingerprint density at radius 1 is 1.03 bits per heavy atom. The van der Waals surface area contributed by atoms with E-state index in [0.29, 0.717) is 42.6 Å². The fourth-order valence-corrected chi connectivity index (χ4v) is 6.20. The van der Waals surface area contributed by atoms with Gasteiger partial charge >= 0.3 is 5.97 Å². The second kappa shape index (κ2) is 9.46. The molecule has 4 nitrogen and oxygen atoms in total. The molecule has 1 N–H and O–H groups in total. The van der Waals surface area contributed by atoms with E-state index in [1.165, 1.54) is 38.5 Å². The van der Waals surface area contributed by atoms with Gasteiger partial charge in [-0.1, -0.05) is 43.2 Å². The van der Waals surface area contributed by atoms with Crippen LogP contribution in [0.15, 0.2) is 42.5 Å². The van der Waals surface area contributed by atoms with Crippen LogP contribution in [-0.4, -0.2) is 35.2 Å². The zero-order valence-electron chi connectivity index (χ0n) is 19.3. The van der Waals surface area contributed by atoms with Crippen LogP contribution in [0.2, 0.25) is 0 Å². The second-order valence-electron chi connectivity index (χ2n) is 10.4. The average Bonchev–Trinajstić information content (AvgIpc) is 3.48. The molecule has 2 aromatic carbocycles. The van der Waals surface area contributed by atoms with Crippen molar-refractivity contribution in [3.63, 3.8) is 0 Å². The molecule has 5 rings (SSSR count). The minimum atomic E-state index is -0.764. The van der Waals surface area contributed by atoms with Crippen LogP contribution in [0.3, 0.4) is 0 Å². The van der Waals surface area contributed by atoms with Crippen molar-refractivity contribution in [2.24, 2.45) is 11.3 Å². The molecule has 0 aromatic heterocycles. The molecule has 1 unspecified atom stereocenters. The van der Waals surface area contributed by atoms with Gasteiger partial charge in [0.1, 0.15) is 11.6 Å². The molecule has 0 amide bonds. The normalized spacial score (nSPS) is 23.2. The van der Waals surface area contributed by atoms with Gasteiger partial charge in [0.05, 0.1) is 12.0 Å². The van der Waals surface area contributed by atoms with Crippen LogP contribution in [0.4, 0.5) is 4.39 Å². The summed E-state index contributed by atoms with van der Waals surface area (Å²) in [6.07, 6.45) is 11.4. The van der Waals surface area contributed by atoms with E-state index in [-0.39, 0.29) is 17.8 Å². The van der Waals surface area contributed by atoms with Crippen molar-refractivity contribution in [1.82, 2.24) is 4.90 Å². The first-order valence-electron chi connectivity index (χ1n) is 12.5. The van der Waals surface area contributed by atoms with Crippen LogP contribution in [0, 0.1) is 17.2 Å². The Labute approximate surface area is 195 Å². The summed E-state index contributed by atoms with van der Waals surface area (Å²) in [7, 11) is 0. The molecule has 3 aliphatic rings. The van der Waals surface area contributed by atoms with Gasteiger partial charge in [-0.2, -0.15) is 0 Å². The third-order valence-corrected chi connectivity index (χ3v) is 8.22. The molecular formula is C28H34FNO3. The number of ether oxygens (including phenoxy) is 1. The third kappa shape index (κ3) is 4.93. The van der Waals surface area contributed by atoms with Crippen LogP contribution in [0.25, 0.3) is 11.1 Å². The SMILES string of the molecule is O=C(O)C1CCN(Cc2cccc(-c3ccc(OC4CCC5(CCCC5)CC4)cc3)c2F)C1. The number of carboxylic acid groups (broad SMARTS) is 1. The maximum absolute atomic E-state index is 15.3. The molecule has 2 saturated carbocycles. The number of nitrogens with zero attached hydrogens (tertiary/aromatic N) is 1. The Morgan fingerprint density at radius 2 is 1.76 bits per heavy atom. The van der Waals surface area contributed by atoms with Crippen LogP contribution >= 0.6 is 0 Å². The van der Waals surface area contributed by atoms with E-state index < -0.39 is 5.97 Å². The summed E-state index contributed by atoms with van der Waals surface area (Å²) < 4.78 is 21.6. The lowest BCUT2D eigenvalue weighted by molar-refractivity contribution is -0.141. The van der Waals surface area contributed by atoms with E-state index >= 15 is 4.39 Å². The van der Waals surface area contributed by atoms with Gasteiger partial charge in [0, 0.05) is 24.2 Å². The Morgan fingerprint density at radius 3 is 2.42 bits per heavy atom. The van der Waals surface area contributed by atoms with Crippen LogP contribution < -0.4 is 4.74 Å². The molecular weight excluding hydrogens is 417 g/mol. The highest BCUT2D eigenvalue weighted by molar-refractivity contribution is 5.70. The fourth-order valence-electron chi connectivity index (χ4n) is 6.20. The molecule has 33 heavy (non-hydrogen) atoms. The van der Waals surface area contributed by atoms with Gasteiger partial charge in [0.2, 0.25) is 0 Å². The molecule has 2 aromatic rings. The first-order valence-corrected chi connectivity index (χ1v) is 12.5. The predicted octanol–water partition coefficient (Wildman–Crippen LogP) is 6.28. The van der Waals surface area contributed by atoms with Gasteiger partial charge in [-0.3, -0.25) is 9.69 Å². The second-order valence-corrected chi connectivity index (χ2v) is 10.4. The van der Waals surface area contributed by atoms with Crippen LogP contribution in [-0.2, 0) is 11.3 Å². The van der Waals surface area contributed by atoms with Crippen LogP contribution in [0.1, 0.15) is 63.4 Å². The molecule has 1 atom stereocenters. The largest absolute Gasteiger partial charge is 0.490 e. The average molecular weight is 452 g/mol. The lowest BCUT2D eigenvalue weighted by Crippen LogP contribution is -2.30. The third-order valence-electron chi connectivity index (χ3n) is 8.22. The maximum Gasteiger partial charge on any atom is 0.307 e. The number of likely N-dealkylation sites (tertiary alicyclic amines) is 1. The monoisotopic (exact) mass is 451 g/mol.